The van der Waals surface area contributed by atoms with Crippen molar-refractivity contribution in [3.05, 3.63) is 10.6 Å². The molecule has 17 heavy (non-hydrogen) atoms. The number of halogens is 2. The fraction of sp³-hybridized carbons (Fsp3) is 0.700. The highest BCUT2D eigenvalue weighted by molar-refractivity contribution is 6.31. The van der Waals surface area contributed by atoms with Gasteiger partial charge in [0.25, 0.3) is 0 Å². The molecule has 1 aromatic rings. The van der Waals surface area contributed by atoms with Gasteiger partial charge in [-0.15, -0.1) is 0 Å². The first-order valence-electron chi connectivity index (χ1n) is 5.55. The third-order valence-electron chi connectivity index (χ3n) is 2.76. The molecule has 0 aromatic carbocycles. The first kappa shape index (κ1) is 12.8. The van der Waals surface area contributed by atoms with E-state index in [4.69, 9.17) is 27.9 Å². The normalized spacial score (nSPS) is 25.1. The van der Waals surface area contributed by atoms with Crippen molar-refractivity contribution in [2.24, 2.45) is 0 Å². The summed E-state index contributed by atoms with van der Waals surface area (Å²) in [5, 5.41) is 0.239. The number of rotatable bonds is 2. The molecule has 1 saturated heterocycles. The molecule has 2 atom stereocenters. The topological polar surface area (TPSA) is 51.1 Å². The Morgan fingerprint density at radius 2 is 1.94 bits per heavy atom. The average Bonchev–Trinajstić information content (AvgIpc) is 2.27. The number of anilines is 1. The van der Waals surface area contributed by atoms with E-state index in [0.29, 0.717) is 12.6 Å². The van der Waals surface area contributed by atoms with Crippen LogP contribution in [0.3, 0.4) is 0 Å². The van der Waals surface area contributed by atoms with Crippen LogP contribution in [0, 0.1) is 0 Å². The fourth-order valence-electron chi connectivity index (χ4n) is 1.87. The van der Waals surface area contributed by atoms with Gasteiger partial charge in [0.2, 0.25) is 16.5 Å². The lowest BCUT2D eigenvalue weighted by molar-refractivity contribution is 0.0292. The fourth-order valence-corrected chi connectivity index (χ4v) is 2.23. The molecule has 1 aromatic heterocycles. The maximum Gasteiger partial charge on any atom is 0.231 e. The molecule has 94 valence electrons. The smallest absolute Gasteiger partial charge is 0.231 e. The van der Waals surface area contributed by atoms with E-state index in [2.05, 4.69) is 26.8 Å². The molecular formula is C10H14Cl2N4O. The van der Waals surface area contributed by atoms with Crippen LogP contribution in [-0.2, 0) is 4.74 Å². The summed E-state index contributed by atoms with van der Waals surface area (Å²) in [7, 11) is 0. The van der Waals surface area contributed by atoms with Gasteiger partial charge in [0.15, 0.2) is 0 Å². The van der Waals surface area contributed by atoms with Gasteiger partial charge in [-0.05, 0) is 36.5 Å². The van der Waals surface area contributed by atoms with E-state index >= 15 is 0 Å². The van der Waals surface area contributed by atoms with Crippen LogP contribution in [0.1, 0.15) is 20.3 Å². The van der Waals surface area contributed by atoms with Gasteiger partial charge < -0.3 is 9.64 Å². The molecule has 2 heterocycles. The van der Waals surface area contributed by atoms with Crippen molar-refractivity contribution in [2.75, 3.05) is 18.1 Å². The molecule has 0 spiro atoms. The summed E-state index contributed by atoms with van der Waals surface area (Å²) in [6.07, 6.45) is 1.10. The largest absolute Gasteiger partial charge is 0.375 e. The Balaban J connectivity index is 2.28. The van der Waals surface area contributed by atoms with Crippen LogP contribution < -0.4 is 4.90 Å². The Bertz CT molecular complexity index is 384. The van der Waals surface area contributed by atoms with Crippen molar-refractivity contribution in [1.82, 2.24) is 15.0 Å². The molecule has 0 radical (unpaired) electrons. The maximum atomic E-state index is 5.79. The second kappa shape index (κ2) is 5.33. The molecule has 0 amide bonds. The van der Waals surface area contributed by atoms with E-state index in [9.17, 15) is 0 Å². The molecule has 2 rings (SSSR count). The predicted octanol–water partition coefficient (Wildman–Crippen LogP) is 2.18. The van der Waals surface area contributed by atoms with Gasteiger partial charge in [0.1, 0.15) is 0 Å². The van der Waals surface area contributed by atoms with Crippen LogP contribution in [0.2, 0.25) is 10.6 Å². The Labute approximate surface area is 110 Å². The van der Waals surface area contributed by atoms with E-state index in [1.54, 1.807) is 0 Å². The van der Waals surface area contributed by atoms with Gasteiger partial charge in [-0.3, -0.25) is 0 Å². The minimum Gasteiger partial charge on any atom is -0.375 e. The number of nitrogens with zero attached hydrogens (tertiary/aromatic N) is 4. The SMILES string of the molecule is CCC1COC(C)CN1c1nc(Cl)nc(Cl)n1. The van der Waals surface area contributed by atoms with Gasteiger partial charge in [0.05, 0.1) is 18.8 Å². The van der Waals surface area contributed by atoms with Crippen LogP contribution >= 0.6 is 23.2 Å². The second-order valence-electron chi connectivity index (χ2n) is 4.03. The Morgan fingerprint density at radius 1 is 1.29 bits per heavy atom. The van der Waals surface area contributed by atoms with Crippen molar-refractivity contribution in [3.63, 3.8) is 0 Å². The molecule has 0 saturated carbocycles. The standard InChI is InChI=1S/C10H14Cl2N4O/c1-3-7-5-17-6(2)4-16(7)10-14-8(11)13-9(12)15-10/h6-7H,3-5H2,1-2H3. The van der Waals surface area contributed by atoms with Crippen LogP contribution in [0.4, 0.5) is 5.95 Å². The van der Waals surface area contributed by atoms with Gasteiger partial charge in [0, 0.05) is 6.54 Å². The lowest BCUT2D eigenvalue weighted by Crippen LogP contribution is -2.49. The van der Waals surface area contributed by atoms with Crippen molar-refractivity contribution in [1.29, 1.82) is 0 Å². The highest BCUT2D eigenvalue weighted by atomic mass is 35.5. The van der Waals surface area contributed by atoms with Gasteiger partial charge in [-0.2, -0.15) is 15.0 Å². The quantitative estimate of drug-likeness (QED) is 0.829. The lowest BCUT2D eigenvalue weighted by atomic mass is 10.1. The highest BCUT2D eigenvalue weighted by Crippen LogP contribution is 2.21. The highest BCUT2D eigenvalue weighted by Gasteiger charge is 2.28. The minimum absolute atomic E-state index is 0.119. The molecule has 7 heteroatoms. The minimum atomic E-state index is 0.119. The number of aromatic nitrogens is 3. The van der Waals surface area contributed by atoms with Crippen LogP contribution in [0.25, 0.3) is 0 Å². The van der Waals surface area contributed by atoms with E-state index < -0.39 is 0 Å². The Morgan fingerprint density at radius 3 is 2.53 bits per heavy atom. The first-order valence-corrected chi connectivity index (χ1v) is 6.31. The van der Waals surface area contributed by atoms with Gasteiger partial charge >= 0.3 is 0 Å². The van der Waals surface area contributed by atoms with Crippen molar-refractivity contribution in [2.45, 2.75) is 32.4 Å². The number of hydrogen-bond acceptors (Lipinski definition) is 5. The Hall–Kier alpha value is -0.650. The summed E-state index contributed by atoms with van der Waals surface area (Å²) < 4.78 is 5.61. The number of morpholine rings is 1. The lowest BCUT2D eigenvalue weighted by Gasteiger charge is -2.38. The third-order valence-corrected chi connectivity index (χ3v) is 3.10. The zero-order valence-electron chi connectivity index (χ0n) is 9.73. The average molecular weight is 277 g/mol. The monoisotopic (exact) mass is 276 g/mol. The van der Waals surface area contributed by atoms with Crippen molar-refractivity contribution < 1.29 is 4.74 Å². The van der Waals surface area contributed by atoms with Crippen LogP contribution in [0.15, 0.2) is 0 Å². The van der Waals surface area contributed by atoms with Crippen molar-refractivity contribution >= 4 is 29.2 Å². The van der Waals surface area contributed by atoms with Crippen LogP contribution in [-0.4, -0.2) is 40.2 Å². The second-order valence-corrected chi connectivity index (χ2v) is 4.71. The van der Waals surface area contributed by atoms with Gasteiger partial charge in [-0.25, -0.2) is 0 Å². The molecule has 1 aliphatic rings. The van der Waals surface area contributed by atoms with Gasteiger partial charge in [-0.1, -0.05) is 6.92 Å². The summed E-state index contributed by atoms with van der Waals surface area (Å²) in [6.45, 7) is 5.51. The summed E-state index contributed by atoms with van der Waals surface area (Å²) in [5.41, 5.74) is 0. The molecular weight excluding hydrogens is 263 g/mol. The van der Waals surface area contributed by atoms with Crippen LogP contribution in [0.5, 0.6) is 0 Å². The van der Waals surface area contributed by atoms with Crippen molar-refractivity contribution in [3.8, 4) is 0 Å². The van der Waals surface area contributed by atoms with E-state index in [1.165, 1.54) is 0 Å². The van der Waals surface area contributed by atoms with E-state index in [1.807, 2.05) is 6.92 Å². The molecule has 5 nitrogen and oxygen atoms in total. The molecule has 0 aliphatic carbocycles. The maximum absolute atomic E-state index is 5.79. The Kier molecular flexibility index (Phi) is 4.01. The summed E-state index contributed by atoms with van der Waals surface area (Å²) in [6, 6.07) is 0.251. The molecule has 1 aliphatic heterocycles. The van der Waals surface area contributed by atoms with E-state index in [0.717, 1.165) is 13.0 Å². The number of ether oxygens (including phenoxy) is 1. The van der Waals surface area contributed by atoms with E-state index in [-0.39, 0.29) is 22.7 Å². The first-order chi connectivity index (χ1) is 8.10. The molecule has 0 N–H and O–H groups in total. The zero-order chi connectivity index (χ0) is 12.4. The summed E-state index contributed by atoms with van der Waals surface area (Å²) in [5.74, 6) is 0.525. The number of hydrogen-bond donors (Lipinski definition) is 0. The zero-order valence-corrected chi connectivity index (χ0v) is 11.2. The third kappa shape index (κ3) is 2.97. The molecule has 2 unspecified atom stereocenters. The molecule has 0 bridgehead atoms. The molecule has 1 fully saturated rings. The summed E-state index contributed by atoms with van der Waals surface area (Å²) >= 11 is 11.6. The predicted molar refractivity (Wildman–Crippen MR) is 66.7 cm³/mol. The summed E-state index contributed by atoms with van der Waals surface area (Å²) in [4.78, 5) is 14.1.